The molecular formula is C14H11FN2O2. The van der Waals surface area contributed by atoms with Crippen LogP contribution in [0, 0.1) is 5.82 Å². The molecule has 0 bridgehead atoms. The Morgan fingerprint density at radius 3 is 2.63 bits per heavy atom. The number of nitrogens with one attached hydrogen (secondary N) is 1. The molecule has 0 spiro atoms. The first-order chi connectivity index (χ1) is 9.15. The number of carbonyl (C=O) groups is 1. The smallest absolute Gasteiger partial charge is 0.271 e. The molecule has 0 atom stereocenters. The molecule has 0 aliphatic rings. The van der Waals surface area contributed by atoms with Gasteiger partial charge in [0.15, 0.2) is 0 Å². The van der Waals surface area contributed by atoms with Gasteiger partial charge >= 0.3 is 0 Å². The Labute approximate surface area is 109 Å². The lowest BCUT2D eigenvalue weighted by atomic mass is 10.2. The van der Waals surface area contributed by atoms with Crippen LogP contribution in [0.25, 0.3) is 0 Å². The summed E-state index contributed by atoms with van der Waals surface area (Å²) in [4.78, 5) is 11.6. The highest BCUT2D eigenvalue weighted by Crippen LogP contribution is 2.07. The maximum atomic E-state index is 12.9. The number of halogens is 1. The van der Waals surface area contributed by atoms with Crippen molar-refractivity contribution in [3.8, 4) is 5.75 Å². The molecule has 2 rings (SSSR count). The molecule has 5 heteroatoms. The summed E-state index contributed by atoms with van der Waals surface area (Å²) in [7, 11) is 0. The van der Waals surface area contributed by atoms with Crippen molar-refractivity contribution >= 4 is 12.1 Å². The third kappa shape index (κ3) is 3.64. The fourth-order valence-electron chi connectivity index (χ4n) is 1.42. The molecule has 0 aliphatic heterocycles. The van der Waals surface area contributed by atoms with E-state index in [0.29, 0.717) is 0 Å². The van der Waals surface area contributed by atoms with E-state index in [0.717, 1.165) is 11.6 Å². The largest absolute Gasteiger partial charge is 0.508 e. The Bertz CT molecular complexity index is 609. The zero-order valence-corrected chi connectivity index (χ0v) is 9.88. The minimum Gasteiger partial charge on any atom is -0.508 e. The Morgan fingerprint density at radius 2 is 1.95 bits per heavy atom. The van der Waals surface area contributed by atoms with Gasteiger partial charge in [0.25, 0.3) is 5.91 Å². The van der Waals surface area contributed by atoms with Crippen molar-refractivity contribution in [3.63, 3.8) is 0 Å². The predicted molar refractivity (Wildman–Crippen MR) is 69.6 cm³/mol. The summed E-state index contributed by atoms with van der Waals surface area (Å²) in [6.45, 7) is 0. The van der Waals surface area contributed by atoms with Gasteiger partial charge in [0, 0.05) is 5.56 Å². The van der Waals surface area contributed by atoms with Crippen molar-refractivity contribution in [2.45, 2.75) is 0 Å². The van der Waals surface area contributed by atoms with Crippen LogP contribution in [-0.2, 0) is 0 Å². The van der Waals surface area contributed by atoms with E-state index >= 15 is 0 Å². The van der Waals surface area contributed by atoms with Crippen molar-refractivity contribution < 1.29 is 14.3 Å². The van der Waals surface area contributed by atoms with E-state index in [9.17, 15) is 9.18 Å². The van der Waals surface area contributed by atoms with Gasteiger partial charge in [-0.2, -0.15) is 5.10 Å². The van der Waals surface area contributed by atoms with Crippen molar-refractivity contribution in [2.75, 3.05) is 0 Å². The summed E-state index contributed by atoms with van der Waals surface area (Å²) in [6, 6.07) is 11.6. The number of amides is 1. The average Bonchev–Trinajstić information content (AvgIpc) is 2.41. The van der Waals surface area contributed by atoms with Crippen LogP contribution in [0.5, 0.6) is 5.75 Å². The third-order valence-electron chi connectivity index (χ3n) is 2.36. The van der Waals surface area contributed by atoms with E-state index in [1.54, 1.807) is 12.1 Å². The van der Waals surface area contributed by atoms with Crippen LogP contribution in [0.1, 0.15) is 15.9 Å². The topological polar surface area (TPSA) is 61.7 Å². The minimum atomic E-state index is -0.491. The lowest BCUT2D eigenvalue weighted by molar-refractivity contribution is 0.0954. The van der Waals surface area contributed by atoms with E-state index in [1.165, 1.54) is 36.5 Å². The van der Waals surface area contributed by atoms with Gasteiger partial charge < -0.3 is 5.11 Å². The molecule has 1 amide bonds. The van der Waals surface area contributed by atoms with E-state index in [-0.39, 0.29) is 11.3 Å². The highest BCUT2D eigenvalue weighted by Gasteiger charge is 2.04. The predicted octanol–water partition coefficient (Wildman–Crippen LogP) is 2.30. The summed E-state index contributed by atoms with van der Waals surface area (Å²) in [5.74, 6) is -0.814. The molecule has 19 heavy (non-hydrogen) atoms. The SMILES string of the molecule is O=C(N/N=C\c1ccc(O)cc1)c1cccc(F)c1. The lowest BCUT2D eigenvalue weighted by Crippen LogP contribution is -2.17. The molecule has 0 fully saturated rings. The molecular weight excluding hydrogens is 247 g/mol. The maximum absolute atomic E-state index is 12.9. The highest BCUT2D eigenvalue weighted by molar-refractivity contribution is 5.94. The molecule has 0 saturated heterocycles. The number of phenols is 1. The molecule has 2 N–H and O–H groups in total. The maximum Gasteiger partial charge on any atom is 0.271 e. The van der Waals surface area contributed by atoms with Gasteiger partial charge in [-0.05, 0) is 48.0 Å². The zero-order chi connectivity index (χ0) is 13.7. The van der Waals surface area contributed by atoms with E-state index < -0.39 is 11.7 Å². The lowest BCUT2D eigenvalue weighted by Gasteiger charge is -1.99. The zero-order valence-electron chi connectivity index (χ0n) is 9.88. The summed E-state index contributed by atoms with van der Waals surface area (Å²) < 4.78 is 12.9. The van der Waals surface area contributed by atoms with Gasteiger partial charge in [-0.25, -0.2) is 9.82 Å². The van der Waals surface area contributed by atoms with Crippen molar-refractivity contribution in [3.05, 3.63) is 65.5 Å². The van der Waals surface area contributed by atoms with Crippen LogP contribution < -0.4 is 5.43 Å². The van der Waals surface area contributed by atoms with E-state index in [1.807, 2.05) is 0 Å². The Kier molecular flexibility index (Phi) is 3.87. The number of aromatic hydroxyl groups is 1. The fourth-order valence-corrected chi connectivity index (χ4v) is 1.42. The monoisotopic (exact) mass is 258 g/mol. The summed E-state index contributed by atoms with van der Waals surface area (Å²) in [5, 5.41) is 12.8. The highest BCUT2D eigenvalue weighted by atomic mass is 19.1. The van der Waals surface area contributed by atoms with Gasteiger partial charge in [0.1, 0.15) is 11.6 Å². The first-order valence-corrected chi connectivity index (χ1v) is 5.53. The van der Waals surface area contributed by atoms with E-state index in [2.05, 4.69) is 10.5 Å². The van der Waals surface area contributed by atoms with Crippen LogP contribution in [0.3, 0.4) is 0 Å². The summed E-state index contributed by atoms with van der Waals surface area (Å²) in [6.07, 6.45) is 1.43. The molecule has 2 aromatic rings. The third-order valence-corrected chi connectivity index (χ3v) is 2.36. The van der Waals surface area contributed by atoms with Crippen molar-refractivity contribution in [1.82, 2.24) is 5.43 Å². The van der Waals surface area contributed by atoms with Crippen LogP contribution in [0.2, 0.25) is 0 Å². The van der Waals surface area contributed by atoms with Crippen LogP contribution >= 0.6 is 0 Å². The molecule has 4 nitrogen and oxygen atoms in total. The number of rotatable bonds is 3. The Hall–Kier alpha value is -2.69. The molecule has 0 saturated carbocycles. The minimum absolute atomic E-state index is 0.154. The number of carbonyl (C=O) groups excluding carboxylic acids is 1. The normalized spacial score (nSPS) is 10.6. The number of hydrazone groups is 1. The molecule has 0 heterocycles. The molecule has 2 aromatic carbocycles. The molecule has 0 aliphatic carbocycles. The molecule has 0 aromatic heterocycles. The molecule has 0 radical (unpaired) electrons. The second-order valence-electron chi connectivity index (χ2n) is 3.80. The van der Waals surface area contributed by atoms with Crippen molar-refractivity contribution in [1.29, 1.82) is 0 Å². The van der Waals surface area contributed by atoms with Crippen LogP contribution in [0.15, 0.2) is 53.6 Å². The molecule has 96 valence electrons. The van der Waals surface area contributed by atoms with E-state index in [4.69, 9.17) is 5.11 Å². The molecule has 0 unspecified atom stereocenters. The summed E-state index contributed by atoms with van der Waals surface area (Å²) in [5.41, 5.74) is 3.21. The number of hydrogen-bond donors (Lipinski definition) is 2. The van der Waals surface area contributed by atoms with Gasteiger partial charge in [0.05, 0.1) is 6.21 Å². The Morgan fingerprint density at radius 1 is 1.21 bits per heavy atom. The van der Waals surface area contributed by atoms with Gasteiger partial charge in [-0.1, -0.05) is 6.07 Å². The number of nitrogens with zero attached hydrogens (tertiary/aromatic N) is 1. The van der Waals surface area contributed by atoms with Gasteiger partial charge in [-0.3, -0.25) is 4.79 Å². The van der Waals surface area contributed by atoms with Crippen LogP contribution in [0.4, 0.5) is 4.39 Å². The average molecular weight is 258 g/mol. The first kappa shape index (κ1) is 12.8. The quantitative estimate of drug-likeness (QED) is 0.655. The Balaban J connectivity index is 1.98. The van der Waals surface area contributed by atoms with Gasteiger partial charge in [-0.15, -0.1) is 0 Å². The second kappa shape index (κ2) is 5.77. The standard InChI is InChI=1S/C14H11FN2O2/c15-12-3-1-2-11(8-12)14(19)17-16-9-10-4-6-13(18)7-5-10/h1-9,18H,(H,17,19)/b16-9-. The van der Waals surface area contributed by atoms with Crippen LogP contribution in [-0.4, -0.2) is 17.2 Å². The number of benzene rings is 2. The van der Waals surface area contributed by atoms with Gasteiger partial charge in [0.2, 0.25) is 0 Å². The summed E-state index contributed by atoms with van der Waals surface area (Å²) >= 11 is 0. The number of hydrogen-bond acceptors (Lipinski definition) is 3. The number of phenolic OH excluding ortho intramolecular Hbond substituents is 1. The van der Waals surface area contributed by atoms with Crippen molar-refractivity contribution in [2.24, 2.45) is 5.10 Å². The fraction of sp³-hybridized carbons (Fsp3) is 0. The first-order valence-electron chi connectivity index (χ1n) is 5.53. The second-order valence-corrected chi connectivity index (χ2v) is 3.80.